The highest BCUT2D eigenvalue weighted by molar-refractivity contribution is 5.28. The molecule has 2 unspecified atom stereocenters. The van der Waals surface area contributed by atoms with Crippen molar-refractivity contribution in [2.24, 2.45) is 0 Å². The molecule has 0 saturated carbocycles. The van der Waals surface area contributed by atoms with E-state index in [9.17, 15) is 5.11 Å². The zero-order valence-corrected chi connectivity index (χ0v) is 11.9. The average molecular weight is 248 g/mol. The quantitative estimate of drug-likeness (QED) is 0.871. The molecule has 2 nitrogen and oxygen atoms in total. The van der Waals surface area contributed by atoms with Crippen molar-refractivity contribution in [2.45, 2.75) is 57.7 Å². The van der Waals surface area contributed by atoms with Crippen LogP contribution in [0.15, 0.2) is 24.3 Å². The fourth-order valence-electron chi connectivity index (χ4n) is 2.48. The molecule has 1 fully saturated rings. The summed E-state index contributed by atoms with van der Waals surface area (Å²) in [4.78, 5) is 0. The third-order valence-corrected chi connectivity index (χ3v) is 3.99. The van der Waals surface area contributed by atoms with E-state index in [2.05, 4.69) is 45.0 Å². The minimum absolute atomic E-state index is 0.0696. The van der Waals surface area contributed by atoms with E-state index in [1.165, 1.54) is 11.1 Å². The second-order valence-electron chi connectivity index (χ2n) is 6.49. The minimum atomic E-state index is -0.691. The van der Waals surface area contributed by atoms with Crippen LogP contribution in [0.5, 0.6) is 0 Å². The second-order valence-corrected chi connectivity index (χ2v) is 6.49. The van der Waals surface area contributed by atoms with Gasteiger partial charge in [-0.05, 0) is 23.5 Å². The molecule has 0 spiro atoms. The van der Waals surface area contributed by atoms with Crippen molar-refractivity contribution in [3.63, 3.8) is 0 Å². The molecule has 1 heterocycles. The molecular weight excluding hydrogens is 224 g/mol. The second kappa shape index (κ2) is 4.67. The monoisotopic (exact) mass is 248 g/mol. The third-order valence-electron chi connectivity index (χ3n) is 3.99. The van der Waals surface area contributed by atoms with Crippen molar-refractivity contribution in [3.05, 3.63) is 35.4 Å². The Morgan fingerprint density at radius 3 is 2.33 bits per heavy atom. The largest absolute Gasteiger partial charge is 0.387 e. The molecule has 0 radical (unpaired) electrons. The standard InChI is InChI=1S/C16H24O2/c1-12-16(17,9-10-18-12)11-13-5-7-14(8-6-13)15(2,3)4/h5-8,12,17H,9-11H2,1-4H3. The van der Waals surface area contributed by atoms with Crippen LogP contribution in [-0.4, -0.2) is 23.4 Å². The molecule has 0 aliphatic carbocycles. The summed E-state index contributed by atoms with van der Waals surface area (Å²) in [7, 11) is 0. The summed E-state index contributed by atoms with van der Waals surface area (Å²) in [5.41, 5.74) is 2.00. The van der Waals surface area contributed by atoms with Gasteiger partial charge in [0.15, 0.2) is 0 Å². The molecule has 2 rings (SSSR count). The molecule has 1 aliphatic heterocycles. The van der Waals surface area contributed by atoms with Crippen LogP contribution in [0.3, 0.4) is 0 Å². The molecule has 1 aliphatic rings. The number of hydrogen-bond acceptors (Lipinski definition) is 2. The number of aliphatic hydroxyl groups is 1. The number of benzene rings is 1. The highest BCUT2D eigenvalue weighted by Gasteiger charge is 2.39. The first-order valence-corrected chi connectivity index (χ1v) is 6.75. The van der Waals surface area contributed by atoms with E-state index in [1.54, 1.807) is 0 Å². The normalized spacial score (nSPS) is 28.6. The fraction of sp³-hybridized carbons (Fsp3) is 0.625. The van der Waals surface area contributed by atoms with Gasteiger partial charge in [0.25, 0.3) is 0 Å². The van der Waals surface area contributed by atoms with Crippen molar-refractivity contribution in [3.8, 4) is 0 Å². The number of rotatable bonds is 2. The molecule has 0 aromatic heterocycles. The predicted octanol–water partition coefficient (Wildman–Crippen LogP) is 3.07. The van der Waals surface area contributed by atoms with Gasteiger partial charge in [-0.3, -0.25) is 0 Å². The van der Waals surface area contributed by atoms with Crippen molar-refractivity contribution >= 4 is 0 Å². The van der Waals surface area contributed by atoms with Crippen LogP contribution in [0.1, 0.15) is 45.2 Å². The molecule has 0 amide bonds. The highest BCUT2D eigenvalue weighted by atomic mass is 16.5. The van der Waals surface area contributed by atoms with E-state index in [1.807, 2.05) is 6.92 Å². The van der Waals surface area contributed by atoms with Crippen LogP contribution in [0.2, 0.25) is 0 Å². The van der Waals surface area contributed by atoms with Crippen molar-refractivity contribution in [1.29, 1.82) is 0 Å². The molecule has 18 heavy (non-hydrogen) atoms. The summed E-state index contributed by atoms with van der Waals surface area (Å²) in [6.07, 6.45) is 1.34. The van der Waals surface area contributed by atoms with Crippen molar-refractivity contribution in [1.82, 2.24) is 0 Å². The van der Waals surface area contributed by atoms with E-state index in [0.717, 1.165) is 6.42 Å². The van der Waals surface area contributed by atoms with Gasteiger partial charge < -0.3 is 9.84 Å². The van der Waals surface area contributed by atoms with Crippen LogP contribution >= 0.6 is 0 Å². The highest BCUT2D eigenvalue weighted by Crippen LogP contribution is 2.30. The van der Waals surface area contributed by atoms with Gasteiger partial charge >= 0.3 is 0 Å². The van der Waals surface area contributed by atoms with Crippen molar-refractivity contribution in [2.75, 3.05) is 6.61 Å². The maximum atomic E-state index is 10.5. The van der Waals surface area contributed by atoms with Crippen molar-refractivity contribution < 1.29 is 9.84 Å². The van der Waals surface area contributed by atoms with Gasteiger partial charge in [0, 0.05) is 19.4 Å². The Bertz CT molecular complexity index is 402. The first-order valence-electron chi connectivity index (χ1n) is 6.75. The first-order chi connectivity index (χ1) is 8.31. The van der Waals surface area contributed by atoms with Crippen LogP contribution in [0.4, 0.5) is 0 Å². The average Bonchev–Trinajstić information content (AvgIpc) is 2.58. The fourth-order valence-corrected chi connectivity index (χ4v) is 2.48. The van der Waals surface area contributed by atoms with E-state index >= 15 is 0 Å². The Morgan fingerprint density at radius 2 is 1.89 bits per heavy atom. The molecule has 1 N–H and O–H groups in total. The van der Waals surface area contributed by atoms with Gasteiger partial charge in [-0.15, -0.1) is 0 Å². The SMILES string of the molecule is CC1OCCC1(O)Cc1ccc(C(C)(C)C)cc1. The van der Waals surface area contributed by atoms with E-state index in [-0.39, 0.29) is 11.5 Å². The van der Waals surface area contributed by atoms with Gasteiger partial charge in [-0.2, -0.15) is 0 Å². The lowest BCUT2D eigenvalue weighted by Gasteiger charge is -2.26. The lowest BCUT2D eigenvalue weighted by Crippen LogP contribution is -2.38. The van der Waals surface area contributed by atoms with Gasteiger partial charge in [0.1, 0.15) is 0 Å². The summed E-state index contributed by atoms with van der Waals surface area (Å²) in [5.74, 6) is 0. The molecule has 1 aromatic rings. The third kappa shape index (κ3) is 2.76. The maximum Gasteiger partial charge on any atom is 0.0967 e. The minimum Gasteiger partial charge on any atom is -0.387 e. The first kappa shape index (κ1) is 13.6. The molecule has 0 bridgehead atoms. The summed E-state index contributed by atoms with van der Waals surface area (Å²) in [5, 5.41) is 10.5. The Morgan fingerprint density at radius 1 is 1.28 bits per heavy atom. The smallest absolute Gasteiger partial charge is 0.0967 e. The summed E-state index contributed by atoms with van der Waals surface area (Å²) in [6.45, 7) is 9.25. The Kier molecular flexibility index (Phi) is 3.52. The van der Waals surface area contributed by atoms with Gasteiger partial charge in [0.05, 0.1) is 11.7 Å². The Labute approximate surface area is 110 Å². The van der Waals surface area contributed by atoms with Gasteiger partial charge in [0.2, 0.25) is 0 Å². The zero-order valence-electron chi connectivity index (χ0n) is 11.9. The Balaban J connectivity index is 2.11. The molecule has 1 saturated heterocycles. The maximum absolute atomic E-state index is 10.5. The van der Waals surface area contributed by atoms with Gasteiger partial charge in [-0.1, -0.05) is 45.0 Å². The van der Waals surface area contributed by atoms with Gasteiger partial charge in [-0.25, -0.2) is 0 Å². The predicted molar refractivity (Wildman–Crippen MR) is 73.8 cm³/mol. The van der Waals surface area contributed by atoms with E-state index < -0.39 is 5.60 Å². The number of ether oxygens (including phenoxy) is 1. The zero-order chi connectivity index (χ0) is 13.4. The summed E-state index contributed by atoms with van der Waals surface area (Å²) < 4.78 is 5.47. The molecule has 2 heteroatoms. The molecule has 100 valence electrons. The van der Waals surface area contributed by atoms with Crippen LogP contribution in [0, 0.1) is 0 Å². The lowest BCUT2D eigenvalue weighted by molar-refractivity contribution is -0.0268. The summed E-state index contributed by atoms with van der Waals surface area (Å²) in [6, 6.07) is 8.59. The van der Waals surface area contributed by atoms with Crippen LogP contribution < -0.4 is 0 Å². The summed E-state index contributed by atoms with van der Waals surface area (Å²) >= 11 is 0. The van der Waals surface area contributed by atoms with Crippen LogP contribution in [0.25, 0.3) is 0 Å². The lowest BCUT2D eigenvalue weighted by atomic mass is 9.84. The number of hydrogen-bond donors (Lipinski definition) is 1. The van der Waals surface area contributed by atoms with Crippen LogP contribution in [-0.2, 0) is 16.6 Å². The molecular formula is C16H24O2. The Hall–Kier alpha value is -0.860. The molecule has 1 aromatic carbocycles. The molecule has 2 atom stereocenters. The topological polar surface area (TPSA) is 29.5 Å². The van der Waals surface area contributed by atoms with E-state index in [4.69, 9.17) is 4.74 Å². The van der Waals surface area contributed by atoms with E-state index in [0.29, 0.717) is 13.0 Å².